The molecule has 0 N–H and O–H groups in total. The van der Waals surface area contributed by atoms with Crippen molar-refractivity contribution in [3.05, 3.63) is 17.6 Å². The summed E-state index contributed by atoms with van der Waals surface area (Å²) in [6, 6.07) is 0. The average Bonchev–Trinajstić information content (AvgIpc) is 2.93. The Kier molecular flexibility index (Phi) is 4.09. The van der Waals surface area contributed by atoms with E-state index in [1.807, 2.05) is 38.8 Å². The van der Waals surface area contributed by atoms with Crippen molar-refractivity contribution in [3.63, 3.8) is 0 Å². The number of aryl methyl sites for hydroxylation is 1. The third kappa shape index (κ3) is 2.25. The second-order valence-electron chi connectivity index (χ2n) is 7.11. The number of Topliss-reactive ketones (excluding diaryl/α,β-unsaturated/α-hetero) is 1. The molecule has 3 atom stereocenters. The van der Waals surface area contributed by atoms with Crippen LogP contribution in [0.1, 0.15) is 33.5 Å². The summed E-state index contributed by atoms with van der Waals surface area (Å²) >= 11 is 6.92. The maximum atomic E-state index is 13.5. The molecule has 0 amide bonds. The molecule has 1 saturated heterocycles. The van der Waals surface area contributed by atoms with Crippen LogP contribution in [0.25, 0.3) is 0 Å². The summed E-state index contributed by atoms with van der Waals surface area (Å²) in [5.74, 6) is 0.604. The SMILES string of the molecule is CO[C@H]1C(=S)N2C=C(C)C(C(=O)C(C)(C)C)(c3nnnn3C)S[C@H]12. The number of ketones is 1. The molecule has 1 unspecified atom stereocenters. The van der Waals surface area contributed by atoms with Crippen molar-refractivity contribution in [1.82, 2.24) is 25.1 Å². The van der Waals surface area contributed by atoms with Crippen molar-refractivity contribution in [2.24, 2.45) is 12.5 Å². The number of carbonyl (C=O) groups excluding carboxylic acids is 1. The van der Waals surface area contributed by atoms with Gasteiger partial charge in [-0.2, -0.15) is 0 Å². The van der Waals surface area contributed by atoms with Gasteiger partial charge in [0, 0.05) is 25.8 Å². The number of carbonyl (C=O) groups is 1. The standard InChI is InChI=1S/C15H21N5O2S2/c1-8-7-20-10(23)9(22-6)11(20)24-15(8,12(21)14(2,3)4)13-16-17-18-19(13)5/h7,9,11H,1-6H3/t9-,11+,15?/m0/s1. The molecule has 2 aliphatic rings. The summed E-state index contributed by atoms with van der Waals surface area (Å²) in [6.07, 6.45) is 1.75. The second-order valence-corrected chi connectivity index (χ2v) is 8.86. The third-order valence-electron chi connectivity index (χ3n) is 4.41. The van der Waals surface area contributed by atoms with Gasteiger partial charge in [0.15, 0.2) is 16.4 Å². The lowest BCUT2D eigenvalue weighted by Gasteiger charge is -2.54. The Hall–Kier alpha value is -1.32. The Labute approximate surface area is 150 Å². The minimum absolute atomic E-state index is 0.0609. The summed E-state index contributed by atoms with van der Waals surface area (Å²) in [4.78, 5) is 16.2. The number of hydrogen-bond acceptors (Lipinski definition) is 7. The summed E-state index contributed by atoms with van der Waals surface area (Å²) in [6.45, 7) is 7.69. The molecule has 0 radical (unpaired) electrons. The van der Waals surface area contributed by atoms with Gasteiger partial charge in [0.25, 0.3) is 0 Å². The van der Waals surface area contributed by atoms with Crippen molar-refractivity contribution in [2.45, 2.75) is 43.9 Å². The molecular weight excluding hydrogens is 346 g/mol. The molecule has 0 spiro atoms. The van der Waals surface area contributed by atoms with Crippen LogP contribution in [-0.4, -0.2) is 54.5 Å². The predicted molar refractivity (Wildman–Crippen MR) is 95.3 cm³/mol. The fourth-order valence-corrected chi connectivity index (χ4v) is 5.61. The van der Waals surface area contributed by atoms with Crippen LogP contribution < -0.4 is 0 Å². The molecule has 3 rings (SSSR count). The highest BCUT2D eigenvalue weighted by atomic mass is 32.2. The van der Waals surface area contributed by atoms with E-state index in [9.17, 15) is 4.79 Å². The zero-order chi connectivity index (χ0) is 17.9. The molecule has 3 heterocycles. The van der Waals surface area contributed by atoms with E-state index in [4.69, 9.17) is 17.0 Å². The van der Waals surface area contributed by atoms with E-state index in [0.29, 0.717) is 5.82 Å². The molecule has 1 aromatic heterocycles. The fraction of sp³-hybridized carbons (Fsp3) is 0.667. The van der Waals surface area contributed by atoms with Crippen molar-refractivity contribution in [1.29, 1.82) is 0 Å². The first kappa shape index (κ1) is 17.5. The lowest BCUT2D eigenvalue weighted by molar-refractivity contribution is -0.128. The summed E-state index contributed by atoms with van der Waals surface area (Å²) in [5.41, 5.74) is 0.321. The van der Waals surface area contributed by atoms with Gasteiger partial charge in [-0.25, -0.2) is 4.68 Å². The molecule has 1 aromatic rings. The van der Waals surface area contributed by atoms with Gasteiger partial charge in [-0.3, -0.25) is 4.79 Å². The van der Waals surface area contributed by atoms with Gasteiger partial charge in [-0.05, 0) is 22.9 Å². The van der Waals surface area contributed by atoms with Crippen molar-refractivity contribution in [2.75, 3.05) is 7.11 Å². The van der Waals surface area contributed by atoms with Crippen molar-refractivity contribution >= 4 is 34.8 Å². The number of thiocarbonyl (C=S) groups is 1. The third-order valence-corrected chi connectivity index (χ3v) is 6.61. The highest BCUT2D eigenvalue weighted by Gasteiger charge is 2.59. The van der Waals surface area contributed by atoms with E-state index in [-0.39, 0.29) is 17.3 Å². The van der Waals surface area contributed by atoms with Crippen LogP contribution in [0.5, 0.6) is 0 Å². The molecule has 130 valence electrons. The van der Waals surface area contributed by atoms with E-state index in [1.165, 1.54) is 11.8 Å². The van der Waals surface area contributed by atoms with Gasteiger partial charge >= 0.3 is 0 Å². The predicted octanol–water partition coefficient (Wildman–Crippen LogP) is 1.66. The molecule has 2 aliphatic heterocycles. The molecule has 0 saturated carbocycles. The minimum Gasteiger partial charge on any atom is -0.371 e. The van der Waals surface area contributed by atoms with Crippen molar-refractivity contribution < 1.29 is 9.53 Å². The zero-order valence-corrected chi connectivity index (χ0v) is 16.2. The van der Waals surface area contributed by atoms with Crippen LogP contribution >= 0.6 is 24.0 Å². The van der Waals surface area contributed by atoms with Crippen molar-refractivity contribution in [3.8, 4) is 0 Å². The van der Waals surface area contributed by atoms with E-state index in [2.05, 4.69) is 15.5 Å². The molecule has 0 aromatic carbocycles. The van der Waals surface area contributed by atoms with Gasteiger partial charge < -0.3 is 9.64 Å². The Morgan fingerprint density at radius 2 is 2.12 bits per heavy atom. The number of tetrazole rings is 1. The number of rotatable bonds is 3. The van der Waals surface area contributed by atoms with Crippen LogP contribution in [0.4, 0.5) is 0 Å². The van der Waals surface area contributed by atoms with Gasteiger partial charge in [-0.1, -0.05) is 33.0 Å². The quantitative estimate of drug-likeness (QED) is 0.747. The topological polar surface area (TPSA) is 73.1 Å². The zero-order valence-electron chi connectivity index (χ0n) is 14.6. The number of fused-ring (bicyclic) bond motifs is 1. The summed E-state index contributed by atoms with van der Waals surface area (Å²) in [5, 5.41) is 11.8. The molecule has 0 bridgehead atoms. The number of aromatic nitrogens is 4. The number of nitrogens with zero attached hydrogens (tertiary/aromatic N) is 5. The molecule has 9 heteroatoms. The summed E-state index contributed by atoms with van der Waals surface area (Å²) < 4.78 is 6.12. The number of ether oxygens (including phenoxy) is 1. The molecule has 0 aliphatic carbocycles. The Balaban J connectivity index is 2.18. The monoisotopic (exact) mass is 367 g/mol. The van der Waals surface area contributed by atoms with Gasteiger partial charge in [-0.15, -0.1) is 16.9 Å². The lowest BCUT2D eigenvalue weighted by atomic mass is 9.78. The lowest BCUT2D eigenvalue weighted by Crippen LogP contribution is -2.65. The highest BCUT2D eigenvalue weighted by Crippen LogP contribution is 2.55. The van der Waals surface area contributed by atoms with Gasteiger partial charge in [0.2, 0.25) is 0 Å². The van der Waals surface area contributed by atoms with E-state index >= 15 is 0 Å². The smallest absolute Gasteiger partial charge is 0.179 e. The minimum atomic E-state index is -0.954. The normalized spacial score (nSPS) is 29.8. The van der Waals surface area contributed by atoms with Crippen LogP contribution in [0, 0.1) is 5.41 Å². The Bertz CT molecular complexity index is 738. The number of hydrogen-bond donors (Lipinski definition) is 0. The maximum Gasteiger partial charge on any atom is 0.179 e. The van der Waals surface area contributed by atoms with E-state index < -0.39 is 10.2 Å². The van der Waals surface area contributed by atoms with E-state index in [0.717, 1.165) is 10.6 Å². The molecular formula is C15H21N5O2S2. The van der Waals surface area contributed by atoms with Gasteiger partial charge in [0.05, 0.1) is 0 Å². The van der Waals surface area contributed by atoms with Crippen LogP contribution in [-0.2, 0) is 21.3 Å². The first-order chi connectivity index (χ1) is 11.1. The Morgan fingerprint density at radius 3 is 2.62 bits per heavy atom. The van der Waals surface area contributed by atoms with E-state index in [1.54, 1.807) is 18.8 Å². The first-order valence-electron chi connectivity index (χ1n) is 7.64. The summed E-state index contributed by atoms with van der Waals surface area (Å²) in [7, 11) is 3.39. The number of methoxy groups -OCH3 is 1. The molecule has 7 nitrogen and oxygen atoms in total. The fourth-order valence-electron chi connectivity index (χ4n) is 3.12. The number of thioether (sulfide) groups is 1. The van der Waals surface area contributed by atoms with Crippen LogP contribution in [0.3, 0.4) is 0 Å². The Morgan fingerprint density at radius 1 is 1.46 bits per heavy atom. The first-order valence-corrected chi connectivity index (χ1v) is 8.93. The average molecular weight is 368 g/mol. The molecule has 24 heavy (non-hydrogen) atoms. The van der Waals surface area contributed by atoms with Crippen LogP contribution in [0.15, 0.2) is 11.8 Å². The molecule has 1 fully saturated rings. The van der Waals surface area contributed by atoms with Crippen LogP contribution in [0.2, 0.25) is 0 Å². The second kappa shape index (κ2) is 5.60. The largest absolute Gasteiger partial charge is 0.371 e. The van der Waals surface area contributed by atoms with Gasteiger partial charge in [0.1, 0.15) is 16.5 Å². The maximum absolute atomic E-state index is 13.5. The highest BCUT2D eigenvalue weighted by molar-refractivity contribution is 8.02.